The number of nitrogens with zero attached hydrogens (tertiary/aromatic N) is 3. The smallest absolute Gasteiger partial charge is 0.109 e. The van der Waals surface area contributed by atoms with Crippen molar-refractivity contribution in [3.63, 3.8) is 0 Å². The zero-order valence-electron chi connectivity index (χ0n) is 9.71. The van der Waals surface area contributed by atoms with E-state index in [0.29, 0.717) is 0 Å². The van der Waals surface area contributed by atoms with Crippen LogP contribution < -0.4 is 0 Å². The second-order valence-electron chi connectivity index (χ2n) is 4.77. The van der Waals surface area contributed by atoms with Crippen molar-refractivity contribution < 1.29 is 0 Å². The van der Waals surface area contributed by atoms with Gasteiger partial charge in [-0.1, -0.05) is 19.8 Å². The molecule has 2 rings (SSSR count). The van der Waals surface area contributed by atoms with Gasteiger partial charge in [-0.25, -0.2) is 0 Å². The van der Waals surface area contributed by atoms with Crippen LogP contribution in [0.25, 0.3) is 0 Å². The van der Waals surface area contributed by atoms with Gasteiger partial charge in [-0.05, 0) is 19.4 Å². The summed E-state index contributed by atoms with van der Waals surface area (Å²) in [5.41, 5.74) is -0.0974. The molecule has 3 nitrogen and oxygen atoms in total. The second kappa shape index (κ2) is 4.51. The maximum atomic E-state index is 9.39. The van der Waals surface area contributed by atoms with E-state index in [9.17, 15) is 5.26 Å². The normalized spacial score (nSPS) is 27.7. The van der Waals surface area contributed by atoms with Crippen LogP contribution >= 0.6 is 0 Å². The van der Waals surface area contributed by atoms with Gasteiger partial charge in [0.2, 0.25) is 0 Å². The highest BCUT2D eigenvalue weighted by Gasteiger charge is 2.40. The predicted molar refractivity (Wildman–Crippen MR) is 60.5 cm³/mol. The summed E-state index contributed by atoms with van der Waals surface area (Å²) in [6.07, 6.45) is 4.66. The molecule has 0 unspecified atom stereocenters. The molecule has 0 aromatic heterocycles. The minimum Gasteiger partial charge on any atom is -0.301 e. The second-order valence-corrected chi connectivity index (χ2v) is 4.77. The summed E-state index contributed by atoms with van der Waals surface area (Å²) in [5, 5.41) is 9.39. The molecule has 1 aliphatic carbocycles. The molecule has 0 spiro atoms. The van der Waals surface area contributed by atoms with Gasteiger partial charge < -0.3 is 4.90 Å². The van der Waals surface area contributed by atoms with Gasteiger partial charge in [-0.3, -0.25) is 4.90 Å². The van der Waals surface area contributed by atoms with E-state index in [1.165, 1.54) is 12.8 Å². The summed E-state index contributed by atoms with van der Waals surface area (Å²) in [6, 6.07) is 2.59. The molecule has 3 heteroatoms. The zero-order valence-corrected chi connectivity index (χ0v) is 9.71. The average Bonchev–Trinajstić information content (AvgIpc) is 2.79. The summed E-state index contributed by atoms with van der Waals surface area (Å²) in [6.45, 7) is 7.81. The molecule has 1 saturated heterocycles. The van der Waals surface area contributed by atoms with Crippen LogP contribution in [-0.2, 0) is 0 Å². The highest BCUT2D eigenvalue weighted by Crippen LogP contribution is 2.35. The van der Waals surface area contributed by atoms with E-state index in [1.54, 1.807) is 0 Å². The van der Waals surface area contributed by atoms with Crippen molar-refractivity contribution in [3.8, 4) is 6.07 Å². The highest BCUT2D eigenvalue weighted by molar-refractivity contribution is 5.11. The lowest BCUT2D eigenvalue weighted by Crippen LogP contribution is -2.55. The average molecular weight is 207 g/mol. The largest absolute Gasteiger partial charge is 0.301 e. The molecule has 0 N–H and O–H groups in total. The van der Waals surface area contributed by atoms with Crippen LogP contribution in [0, 0.1) is 11.3 Å². The molecule has 2 aliphatic rings. The Morgan fingerprint density at radius 3 is 2.20 bits per heavy atom. The van der Waals surface area contributed by atoms with Gasteiger partial charge in [0.15, 0.2) is 0 Å². The molecule has 0 bridgehead atoms. The first-order chi connectivity index (χ1) is 7.30. The number of hydrogen-bond acceptors (Lipinski definition) is 3. The van der Waals surface area contributed by atoms with Crippen molar-refractivity contribution in [3.05, 3.63) is 0 Å². The van der Waals surface area contributed by atoms with Crippen molar-refractivity contribution in [2.24, 2.45) is 0 Å². The van der Waals surface area contributed by atoms with E-state index in [1.807, 2.05) is 0 Å². The number of likely N-dealkylation sites (N-methyl/N-ethyl adjacent to an activating group) is 1. The molecule has 0 amide bonds. The van der Waals surface area contributed by atoms with Crippen molar-refractivity contribution >= 4 is 0 Å². The van der Waals surface area contributed by atoms with Crippen LogP contribution in [0.4, 0.5) is 0 Å². The lowest BCUT2D eigenvalue weighted by atomic mass is 9.96. The van der Waals surface area contributed by atoms with Gasteiger partial charge in [0.1, 0.15) is 5.54 Å². The van der Waals surface area contributed by atoms with Gasteiger partial charge >= 0.3 is 0 Å². The Morgan fingerprint density at radius 1 is 1.13 bits per heavy atom. The standard InChI is InChI=1S/C12H21N3/c1-2-14-7-9-15(10-8-14)12(11-13)5-3-4-6-12/h2-10H2,1H3. The van der Waals surface area contributed by atoms with Gasteiger partial charge in [0.25, 0.3) is 0 Å². The lowest BCUT2D eigenvalue weighted by Gasteiger charge is -2.41. The lowest BCUT2D eigenvalue weighted by molar-refractivity contribution is 0.0680. The van der Waals surface area contributed by atoms with Crippen molar-refractivity contribution in [2.45, 2.75) is 38.1 Å². The third-order valence-electron chi connectivity index (χ3n) is 4.06. The Hall–Kier alpha value is -0.590. The van der Waals surface area contributed by atoms with Crippen LogP contribution in [0.3, 0.4) is 0 Å². The van der Waals surface area contributed by atoms with E-state index in [4.69, 9.17) is 0 Å². The number of nitriles is 1. The summed E-state index contributed by atoms with van der Waals surface area (Å²) in [4.78, 5) is 4.91. The van der Waals surface area contributed by atoms with Crippen molar-refractivity contribution in [1.82, 2.24) is 9.80 Å². The van der Waals surface area contributed by atoms with E-state index >= 15 is 0 Å². The SMILES string of the molecule is CCN1CCN(C2(C#N)CCCC2)CC1. The highest BCUT2D eigenvalue weighted by atomic mass is 15.3. The molecule has 84 valence electrons. The Morgan fingerprint density at radius 2 is 1.73 bits per heavy atom. The fraction of sp³-hybridized carbons (Fsp3) is 0.917. The molecule has 0 radical (unpaired) electrons. The van der Waals surface area contributed by atoms with Gasteiger partial charge in [0, 0.05) is 26.2 Å². The topological polar surface area (TPSA) is 30.3 Å². The Balaban J connectivity index is 1.97. The van der Waals surface area contributed by atoms with Crippen LogP contribution in [-0.4, -0.2) is 48.1 Å². The summed E-state index contributed by atoms with van der Waals surface area (Å²) < 4.78 is 0. The third-order valence-corrected chi connectivity index (χ3v) is 4.06. The maximum absolute atomic E-state index is 9.39. The quantitative estimate of drug-likeness (QED) is 0.687. The van der Waals surface area contributed by atoms with Crippen LogP contribution in [0.1, 0.15) is 32.6 Å². The van der Waals surface area contributed by atoms with E-state index < -0.39 is 0 Å². The molecule has 0 aromatic carbocycles. The van der Waals surface area contributed by atoms with Crippen LogP contribution in [0.2, 0.25) is 0 Å². The van der Waals surface area contributed by atoms with Gasteiger partial charge in [-0.2, -0.15) is 5.26 Å². The van der Waals surface area contributed by atoms with Crippen molar-refractivity contribution in [1.29, 1.82) is 5.26 Å². The molecule has 1 heterocycles. The Labute approximate surface area is 92.7 Å². The zero-order chi connectivity index (χ0) is 10.7. The first-order valence-electron chi connectivity index (χ1n) is 6.19. The minimum atomic E-state index is -0.0974. The number of piperazine rings is 1. The maximum Gasteiger partial charge on any atom is 0.109 e. The third kappa shape index (κ3) is 2.02. The predicted octanol–water partition coefficient (Wildman–Crippen LogP) is 1.46. The molecular formula is C12H21N3. The summed E-state index contributed by atoms with van der Waals surface area (Å²) in [5.74, 6) is 0. The first kappa shape index (κ1) is 10.9. The number of hydrogen-bond donors (Lipinski definition) is 0. The van der Waals surface area contributed by atoms with E-state index in [2.05, 4.69) is 22.8 Å². The van der Waals surface area contributed by atoms with E-state index in [-0.39, 0.29) is 5.54 Å². The fourth-order valence-electron chi connectivity index (χ4n) is 2.95. The molecule has 1 saturated carbocycles. The fourth-order valence-corrected chi connectivity index (χ4v) is 2.95. The minimum absolute atomic E-state index is 0.0974. The van der Waals surface area contributed by atoms with E-state index in [0.717, 1.165) is 45.6 Å². The Kier molecular flexibility index (Phi) is 3.28. The van der Waals surface area contributed by atoms with Crippen LogP contribution in [0.5, 0.6) is 0 Å². The molecule has 1 aliphatic heterocycles. The molecule has 0 atom stereocenters. The first-order valence-corrected chi connectivity index (χ1v) is 6.19. The van der Waals surface area contributed by atoms with Gasteiger partial charge in [0.05, 0.1) is 6.07 Å². The Bertz CT molecular complexity index is 242. The molecule has 2 fully saturated rings. The van der Waals surface area contributed by atoms with Crippen molar-refractivity contribution in [2.75, 3.05) is 32.7 Å². The molecule has 15 heavy (non-hydrogen) atoms. The van der Waals surface area contributed by atoms with Crippen LogP contribution in [0.15, 0.2) is 0 Å². The summed E-state index contributed by atoms with van der Waals surface area (Å²) >= 11 is 0. The monoisotopic (exact) mass is 207 g/mol. The molecule has 0 aromatic rings. The summed E-state index contributed by atoms with van der Waals surface area (Å²) in [7, 11) is 0. The number of rotatable bonds is 2. The molecular weight excluding hydrogens is 186 g/mol. The van der Waals surface area contributed by atoms with Gasteiger partial charge in [-0.15, -0.1) is 0 Å².